The van der Waals surface area contributed by atoms with Crippen LogP contribution in [-0.2, 0) is 23.7 Å². The molecule has 0 radical (unpaired) electrons. The van der Waals surface area contributed by atoms with Gasteiger partial charge in [-0.25, -0.2) is 9.37 Å². The molecule has 0 aliphatic rings. The molecule has 0 aliphatic heterocycles. The molecule has 2 aromatic carbocycles. The number of benzene rings is 2. The first-order valence-corrected chi connectivity index (χ1v) is 15.3. The van der Waals surface area contributed by atoms with Crippen molar-refractivity contribution in [2.75, 3.05) is 96.6 Å². The van der Waals surface area contributed by atoms with Crippen molar-refractivity contribution in [3.8, 4) is 11.4 Å². The van der Waals surface area contributed by atoms with E-state index in [1.54, 1.807) is 6.07 Å². The Kier molecular flexibility index (Phi) is 14.2. The van der Waals surface area contributed by atoms with Crippen LogP contribution in [0.4, 0.5) is 15.8 Å². The summed E-state index contributed by atoms with van der Waals surface area (Å²) >= 11 is 0. The van der Waals surface area contributed by atoms with Crippen LogP contribution >= 0.6 is 0 Å². The lowest BCUT2D eigenvalue weighted by Gasteiger charge is -2.09. The van der Waals surface area contributed by atoms with Gasteiger partial charge in [0.15, 0.2) is 0 Å². The van der Waals surface area contributed by atoms with Gasteiger partial charge in [-0.2, -0.15) is 0 Å². The molecular weight excluding hydrogens is 599 g/mol. The van der Waals surface area contributed by atoms with Crippen molar-refractivity contribution >= 4 is 39.2 Å². The van der Waals surface area contributed by atoms with E-state index in [2.05, 4.69) is 30.9 Å². The minimum atomic E-state index is -0.520. The number of aromatic nitrogens is 3. The fraction of sp³-hybridized carbons (Fsp3) is 0.452. The lowest BCUT2D eigenvalue weighted by molar-refractivity contribution is -0.122. The highest BCUT2D eigenvalue weighted by atomic mass is 19.1. The number of nitrogen functional groups attached to an aromatic ring is 1. The van der Waals surface area contributed by atoms with Gasteiger partial charge in [-0.05, 0) is 30.3 Å². The fourth-order valence-corrected chi connectivity index (χ4v) is 4.61. The molecule has 0 saturated heterocycles. The molecule has 4 aromatic rings. The number of nitrogens with zero attached hydrogens (tertiary/aromatic N) is 1. The number of aromatic amines is 2. The summed E-state index contributed by atoms with van der Waals surface area (Å²) in [5.74, 6) is -0.331. The molecule has 46 heavy (non-hydrogen) atoms. The summed E-state index contributed by atoms with van der Waals surface area (Å²) in [5.41, 5.74) is 13.7. The molecule has 0 saturated carbocycles. The highest BCUT2D eigenvalue weighted by Crippen LogP contribution is 2.30. The van der Waals surface area contributed by atoms with E-state index >= 15 is 0 Å². The molecule has 1 amide bonds. The third kappa shape index (κ3) is 10.5. The summed E-state index contributed by atoms with van der Waals surface area (Å²) in [5, 5.41) is 9.60. The van der Waals surface area contributed by atoms with Crippen LogP contribution in [0.25, 0.3) is 33.3 Å². The Morgan fingerprint density at radius 1 is 0.848 bits per heavy atom. The highest BCUT2D eigenvalue weighted by molar-refractivity contribution is 5.98. The van der Waals surface area contributed by atoms with Gasteiger partial charge >= 0.3 is 0 Å². The summed E-state index contributed by atoms with van der Waals surface area (Å²) in [7, 11) is 0. The second-order valence-electron chi connectivity index (χ2n) is 10.2. The number of H-pyrrole nitrogens is 2. The van der Waals surface area contributed by atoms with Crippen LogP contribution in [0.3, 0.4) is 0 Å². The molecule has 2 aromatic heterocycles. The predicted octanol–water partition coefficient (Wildman–Crippen LogP) is 1.33. The number of nitrogens with one attached hydrogen (secondary N) is 5. The van der Waals surface area contributed by atoms with Gasteiger partial charge in [0.1, 0.15) is 17.2 Å². The largest absolute Gasteiger partial charge is 0.397 e. The Morgan fingerprint density at radius 2 is 1.54 bits per heavy atom. The monoisotopic (exact) mass is 642 g/mol. The molecule has 0 aliphatic carbocycles. The molecule has 250 valence electrons. The number of nitrogens with two attached hydrogens (primary N) is 2. The van der Waals surface area contributed by atoms with Crippen LogP contribution in [0.1, 0.15) is 6.42 Å². The number of halogens is 1. The van der Waals surface area contributed by atoms with Gasteiger partial charge < -0.3 is 56.3 Å². The fourth-order valence-electron chi connectivity index (χ4n) is 4.61. The minimum Gasteiger partial charge on any atom is -0.397 e. The van der Waals surface area contributed by atoms with Gasteiger partial charge in [-0.1, -0.05) is 6.07 Å². The lowest BCUT2D eigenvalue weighted by Crippen LogP contribution is -2.34. The van der Waals surface area contributed by atoms with Crippen molar-refractivity contribution in [1.82, 2.24) is 25.6 Å². The molecule has 4 rings (SSSR count). The van der Waals surface area contributed by atoms with Crippen LogP contribution < -0.4 is 33.0 Å². The van der Waals surface area contributed by atoms with Crippen molar-refractivity contribution in [3.05, 3.63) is 52.6 Å². The molecule has 9 N–H and O–H groups in total. The average molecular weight is 643 g/mol. The number of hydrogen-bond donors (Lipinski definition) is 7. The molecule has 14 nitrogen and oxygen atoms in total. The minimum absolute atomic E-state index is 0.0328. The number of anilines is 2. The first-order valence-electron chi connectivity index (χ1n) is 15.3. The Morgan fingerprint density at radius 3 is 2.28 bits per heavy atom. The van der Waals surface area contributed by atoms with Gasteiger partial charge in [0, 0.05) is 44.8 Å². The van der Waals surface area contributed by atoms with E-state index in [0.29, 0.717) is 102 Å². The summed E-state index contributed by atoms with van der Waals surface area (Å²) in [6.07, 6.45) is 0.281. The standard InChI is InChI=1S/C31H43FN8O6/c32-22-2-1-3-24-27(22)29(34)28(31(42)40-24)30-38-23-5-4-21(20-25(23)39-30)36-10-8-35-9-11-37-26(41)6-12-43-14-16-45-18-19-46-17-15-44-13-7-33/h1-5,20,35-36H,6-19,33H2,(H,37,41)(H,38,39)(H3,34,40,42). The van der Waals surface area contributed by atoms with Crippen molar-refractivity contribution in [2.45, 2.75) is 6.42 Å². The van der Waals surface area contributed by atoms with Gasteiger partial charge in [0.05, 0.1) is 80.5 Å². The molecule has 0 spiro atoms. The quantitative estimate of drug-likeness (QED) is 0.0609. The first kappa shape index (κ1) is 34.7. The number of fused-ring (bicyclic) bond motifs is 2. The van der Waals surface area contributed by atoms with Gasteiger partial charge in [0.25, 0.3) is 5.56 Å². The second kappa shape index (κ2) is 18.8. The van der Waals surface area contributed by atoms with E-state index in [0.717, 1.165) is 5.69 Å². The Labute approximate surface area is 265 Å². The van der Waals surface area contributed by atoms with Crippen LogP contribution in [0.5, 0.6) is 0 Å². The zero-order valence-corrected chi connectivity index (χ0v) is 25.8. The maximum Gasteiger partial charge on any atom is 0.261 e. The number of ether oxygens (including phenoxy) is 4. The molecule has 0 bridgehead atoms. The molecule has 15 heteroatoms. The first-order chi connectivity index (χ1) is 22.5. The highest BCUT2D eigenvalue weighted by Gasteiger charge is 2.18. The Balaban J connectivity index is 1.06. The molecule has 0 unspecified atom stereocenters. The number of carbonyl (C=O) groups is 1. The number of amides is 1. The molecular formula is C31H43FN8O6. The van der Waals surface area contributed by atoms with Crippen molar-refractivity contribution < 1.29 is 28.1 Å². The van der Waals surface area contributed by atoms with Crippen molar-refractivity contribution in [2.24, 2.45) is 5.73 Å². The SMILES string of the molecule is NCCOCCOCCOCCOCCC(=O)NCCNCCNc1ccc2[nH]c(-c3c(N)c4c(F)cccc4[nH]c3=O)nc2c1. The number of carbonyl (C=O) groups excluding carboxylic acids is 1. The van der Waals surface area contributed by atoms with Crippen LogP contribution in [0.2, 0.25) is 0 Å². The molecule has 0 fully saturated rings. The smallest absolute Gasteiger partial charge is 0.261 e. The maximum atomic E-state index is 14.4. The number of imidazole rings is 1. The zero-order chi connectivity index (χ0) is 32.6. The Bertz CT molecular complexity index is 1600. The number of pyridine rings is 1. The van der Waals surface area contributed by atoms with E-state index in [9.17, 15) is 14.0 Å². The number of hydrogen-bond acceptors (Lipinski definition) is 11. The maximum absolute atomic E-state index is 14.4. The van der Waals surface area contributed by atoms with E-state index in [-0.39, 0.29) is 34.8 Å². The summed E-state index contributed by atoms with van der Waals surface area (Å²) in [6, 6.07) is 10.00. The third-order valence-electron chi connectivity index (χ3n) is 6.85. The zero-order valence-electron chi connectivity index (χ0n) is 25.8. The third-order valence-corrected chi connectivity index (χ3v) is 6.85. The summed E-state index contributed by atoms with van der Waals surface area (Å²) < 4.78 is 35.9. The Hall–Kier alpha value is -4.12. The summed E-state index contributed by atoms with van der Waals surface area (Å²) in [4.78, 5) is 35.1. The van der Waals surface area contributed by atoms with Gasteiger partial charge in [0.2, 0.25) is 5.91 Å². The number of rotatable bonds is 22. The second-order valence-corrected chi connectivity index (χ2v) is 10.2. The normalized spacial score (nSPS) is 11.4. The molecule has 0 atom stereocenters. The molecule has 2 heterocycles. The lowest BCUT2D eigenvalue weighted by atomic mass is 10.1. The average Bonchev–Trinajstić information content (AvgIpc) is 3.45. The predicted molar refractivity (Wildman–Crippen MR) is 175 cm³/mol. The van der Waals surface area contributed by atoms with E-state index in [1.807, 2.05) is 18.2 Å². The van der Waals surface area contributed by atoms with Crippen LogP contribution in [0.15, 0.2) is 41.2 Å². The van der Waals surface area contributed by atoms with E-state index in [1.165, 1.54) is 12.1 Å². The summed E-state index contributed by atoms with van der Waals surface area (Å²) in [6.45, 7) is 6.62. The topological polar surface area (TPSA) is 204 Å². The van der Waals surface area contributed by atoms with Crippen molar-refractivity contribution in [3.63, 3.8) is 0 Å². The van der Waals surface area contributed by atoms with Crippen LogP contribution in [-0.4, -0.2) is 106 Å². The van der Waals surface area contributed by atoms with E-state index < -0.39 is 11.4 Å². The van der Waals surface area contributed by atoms with Crippen molar-refractivity contribution in [1.29, 1.82) is 0 Å². The van der Waals surface area contributed by atoms with E-state index in [4.69, 9.17) is 30.4 Å². The van der Waals surface area contributed by atoms with Gasteiger partial charge in [-0.3, -0.25) is 9.59 Å². The van der Waals surface area contributed by atoms with Gasteiger partial charge in [-0.15, -0.1) is 0 Å². The van der Waals surface area contributed by atoms with Crippen LogP contribution in [0, 0.1) is 5.82 Å².